The maximum absolute atomic E-state index is 5.38. The molecule has 2 aliphatic rings. The van der Waals surface area contributed by atoms with Crippen LogP contribution in [0.1, 0.15) is 45.3 Å². The van der Waals surface area contributed by atoms with Gasteiger partial charge in [-0.15, -0.1) is 24.0 Å². The fourth-order valence-corrected chi connectivity index (χ4v) is 3.40. The summed E-state index contributed by atoms with van der Waals surface area (Å²) in [5.41, 5.74) is 0. The van der Waals surface area contributed by atoms with Gasteiger partial charge in [0.15, 0.2) is 5.96 Å². The fraction of sp³-hybridized carbons (Fsp3) is 0.722. The number of halogens is 1. The Balaban J connectivity index is 0.00000208. The summed E-state index contributed by atoms with van der Waals surface area (Å²) < 4.78 is 5.38. The molecule has 0 amide bonds. The molecule has 1 aliphatic carbocycles. The number of aliphatic imine (C=N–C) groups is 1. The molecule has 1 aromatic heterocycles. The predicted molar refractivity (Wildman–Crippen MR) is 109 cm³/mol. The van der Waals surface area contributed by atoms with Crippen molar-refractivity contribution in [1.29, 1.82) is 0 Å². The molecule has 2 N–H and O–H groups in total. The second-order valence-electron chi connectivity index (χ2n) is 6.84. The average molecular weight is 446 g/mol. The van der Waals surface area contributed by atoms with Crippen LogP contribution in [0.3, 0.4) is 0 Å². The van der Waals surface area contributed by atoms with Crippen molar-refractivity contribution in [1.82, 2.24) is 15.5 Å². The number of nitrogens with one attached hydrogen (secondary N) is 2. The quantitative estimate of drug-likeness (QED) is 0.384. The largest absolute Gasteiger partial charge is 0.469 e. The summed E-state index contributed by atoms with van der Waals surface area (Å²) in [5, 5.41) is 7.10. The number of guanidine groups is 1. The Kier molecular flexibility index (Phi) is 7.87. The number of furan rings is 1. The van der Waals surface area contributed by atoms with Gasteiger partial charge in [0.1, 0.15) is 5.76 Å². The summed E-state index contributed by atoms with van der Waals surface area (Å²) in [6.45, 7) is 7.38. The van der Waals surface area contributed by atoms with E-state index in [4.69, 9.17) is 4.42 Å². The van der Waals surface area contributed by atoms with Crippen molar-refractivity contribution in [3.05, 3.63) is 24.2 Å². The molecule has 1 saturated heterocycles. The smallest absolute Gasteiger partial charge is 0.191 e. The zero-order valence-electron chi connectivity index (χ0n) is 14.8. The van der Waals surface area contributed by atoms with Crippen molar-refractivity contribution in [2.75, 3.05) is 19.6 Å². The second-order valence-corrected chi connectivity index (χ2v) is 6.84. The fourth-order valence-electron chi connectivity index (χ4n) is 3.40. The first-order valence-corrected chi connectivity index (χ1v) is 9.09. The van der Waals surface area contributed by atoms with Crippen molar-refractivity contribution in [3.8, 4) is 0 Å². The summed E-state index contributed by atoms with van der Waals surface area (Å²) in [5.74, 6) is 1.97. The van der Waals surface area contributed by atoms with E-state index in [1.807, 2.05) is 12.1 Å². The molecule has 0 spiro atoms. The zero-order valence-corrected chi connectivity index (χ0v) is 17.2. The lowest BCUT2D eigenvalue weighted by Gasteiger charge is -2.20. The van der Waals surface area contributed by atoms with Crippen LogP contribution in [-0.4, -0.2) is 48.6 Å². The van der Waals surface area contributed by atoms with Gasteiger partial charge in [-0.25, -0.2) is 0 Å². The first-order chi connectivity index (χ1) is 11.3. The first-order valence-electron chi connectivity index (χ1n) is 9.09. The minimum Gasteiger partial charge on any atom is -0.469 e. The number of likely N-dealkylation sites (tertiary alicyclic amines) is 1. The number of rotatable bonds is 7. The maximum Gasteiger partial charge on any atom is 0.191 e. The summed E-state index contributed by atoms with van der Waals surface area (Å²) >= 11 is 0. The number of hydrogen-bond acceptors (Lipinski definition) is 3. The normalized spacial score (nSPS) is 24.7. The molecule has 3 rings (SSSR count). The highest BCUT2D eigenvalue weighted by molar-refractivity contribution is 14.0. The second kappa shape index (κ2) is 9.65. The summed E-state index contributed by atoms with van der Waals surface area (Å²) in [6.07, 6.45) is 7.66. The molecular formula is C18H31IN4O. The van der Waals surface area contributed by atoms with E-state index in [9.17, 15) is 0 Å². The van der Waals surface area contributed by atoms with E-state index in [1.165, 1.54) is 19.3 Å². The molecule has 6 heteroatoms. The lowest BCUT2D eigenvalue weighted by Crippen LogP contribution is -2.45. The van der Waals surface area contributed by atoms with Gasteiger partial charge >= 0.3 is 0 Å². The van der Waals surface area contributed by atoms with E-state index < -0.39 is 0 Å². The predicted octanol–water partition coefficient (Wildman–Crippen LogP) is 3.01. The standard InChI is InChI=1S/C18H30N4O.HI/c1-3-9-19-18(20-10-8-17-5-4-11-23-17)21-15-12-14(2)22(13-15)16-6-7-16;/h4-5,11,14-16H,3,6-10,12-13H2,1-2H3,(H2,19,20,21);1H. The van der Waals surface area contributed by atoms with Crippen LogP contribution < -0.4 is 10.6 Å². The average Bonchev–Trinajstić information content (AvgIpc) is 3.12. The van der Waals surface area contributed by atoms with Crippen molar-refractivity contribution in [2.45, 2.75) is 64.1 Å². The minimum absolute atomic E-state index is 0. The Morgan fingerprint density at radius 2 is 2.25 bits per heavy atom. The molecule has 24 heavy (non-hydrogen) atoms. The van der Waals surface area contributed by atoms with E-state index >= 15 is 0 Å². The van der Waals surface area contributed by atoms with Gasteiger partial charge in [0, 0.05) is 44.2 Å². The zero-order chi connectivity index (χ0) is 16.1. The van der Waals surface area contributed by atoms with Crippen LogP contribution >= 0.6 is 24.0 Å². The van der Waals surface area contributed by atoms with Gasteiger partial charge in [0.2, 0.25) is 0 Å². The maximum atomic E-state index is 5.38. The number of nitrogens with zero attached hydrogens (tertiary/aromatic N) is 2. The van der Waals surface area contributed by atoms with Crippen molar-refractivity contribution < 1.29 is 4.42 Å². The molecule has 5 nitrogen and oxygen atoms in total. The Morgan fingerprint density at radius 3 is 2.92 bits per heavy atom. The third kappa shape index (κ3) is 5.65. The Labute approximate surface area is 162 Å². The molecule has 136 valence electrons. The molecule has 1 aromatic rings. The van der Waals surface area contributed by atoms with Crippen LogP contribution in [0.4, 0.5) is 0 Å². The van der Waals surface area contributed by atoms with E-state index in [1.54, 1.807) is 6.26 Å². The highest BCUT2D eigenvalue weighted by atomic mass is 127. The van der Waals surface area contributed by atoms with Crippen LogP contribution in [0.2, 0.25) is 0 Å². The van der Waals surface area contributed by atoms with Gasteiger partial charge in [-0.2, -0.15) is 0 Å². The molecule has 0 bridgehead atoms. The summed E-state index contributed by atoms with van der Waals surface area (Å²) in [7, 11) is 0. The van der Waals surface area contributed by atoms with E-state index in [0.717, 1.165) is 50.2 Å². The molecule has 1 saturated carbocycles. The topological polar surface area (TPSA) is 52.8 Å². The summed E-state index contributed by atoms with van der Waals surface area (Å²) in [6, 6.07) is 6.00. The summed E-state index contributed by atoms with van der Waals surface area (Å²) in [4.78, 5) is 7.35. The van der Waals surface area contributed by atoms with Crippen LogP contribution in [0, 0.1) is 0 Å². The third-order valence-electron chi connectivity index (χ3n) is 4.72. The lowest BCUT2D eigenvalue weighted by atomic mass is 10.2. The van der Waals surface area contributed by atoms with E-state index in [-0.39, 0.29) is 24.0 Å². The van der Waals surface area contributed by atoms with Gasteiger partial charge in [-0.3, -0.25) is 9.89 Å². The minimum atomic E-state index is 0. The van der Waals surface area contributed by atoms with Crippen molar-refractivity contribution in [2.24, 2.45) is 4.99 Å². The van der Waals surface area contributed by atoms with Crippen molar-refractivity contribution >= 4 is 29.9 Å². The molecule has 2 unspecified atom stereocenters. The Bertz CT molecular complexity index is 501. The third-order valence-corrected chi connectivity index (χ3v) is 4.72. The van der Waals surface area contributed by atoms with Gasteiger partial charge in [0.05, 0.1) is 6.26 Å². The molecule has 2 fully saturated rings. The van der Waals surface area contributed by atoms with Crippen molar-refractivity contribution in [3.63, 3.8) is 0 Å². The highest BCUT2D eigenvalue weighted by Gasteiger charge is 2.38. The molecular weight excluding hydrogens is 415 g/mol. The molecule has 2 atom stereocenters. The van der Waals surface area contributed by atoms with Crippen LogP contribution in [0.5, 0.6) is 0 Å². The SMILES string of the molecule is CCCN=C(NCCc1ccco1)NC1CC(C)N(C2CC2)C1.I. The lowest BCUT2D eigenvalue weighted by molar-refractivity contribution is 0.256. The first kappa shape index (κ1) is 19.6. The molecule has 0 radical (unpaired) electrons. The van der Waals surface area contributed by atoms with Crippen LogP contribution in [-0.2, 0) is 6.42 Å². The monoisotopic (exact) mass is 446 g/mol. The molecule has 2 heterocycles. The van der Waals surface area contributed by atoms with Gasteiger partial charge in [-0.05, 0) is 44.7 Å². The number of hydrogen-bond donors (Lipinski definition) is 2. The van der Waals surface area contributed by atoms with Gasteiger partial charge in [0.25, 0.3) is 0 Å². The van der Waals surface area contributed by atoms with E-state index in [2.05, 4.69) is 34.4 Å². The van der Waals surface area contributed by atoms with Crippen LogP contribution in [0.25, 0.3) is 0 Å². The molecule has 0 aromatic carbocycles. The van der Waals surface area contributed by atoms with Crippen LogP contribution in [0.15, 0.2) is 27.8 Å². The Morgan fingerprint density at radius 1 is 1.42 bits per heavy atom. The van der Waals surface area contributed by atoms with Gasteiger partial charge < -0.3 is 15.1 Å². The van der Waals surface area contributed by atoms with E-state index in [0.29, 0.717) is 12.1 Å². The highest BCUT2D eigenvalue weighted by Crippen LogP contribution is 2.33. The molecule has 1 aliphatic heterocycles. The Hall–Kier alpha value is -0.760. The van der Waals surface area contributed by atoms with Gasteiger partial charge in [-0.1, -0.05) is 6.92 Å².